The number of nitrogens with one attached hydrogen (secondary N) is 2. The maximum Gasteiger partial charge on any atom is 0.211 e. The van der Waals surface area contributed by atoms with Gasteiger partial charge in [0, 0.05) is 12.6 Å². The van der Waals surface area contributed by atoms with Gasteiger partial charge in [0.25, 0.3) is 0 Å². The van der Waals surface area contributed by atoms with Gasteiger partial charge in [-0.2, -0.15) is 0 Å². The van der Waals surface area contributed by atoms with Crippen LogP contribution in [-0.4, -0.2) is 33.3 Å². The van der Waals surface area contributed by atoms with Crippen LogP contribution in [0.15, 0.2) is 0 Å². The van der Waals surface area contributed by atoms with Crippen LogP contribution >= 0.6 is 0 Å². The Balaban J connectivity index is 2.07. The summed E-state index contributed by atoms with van der Waals surface area (Å²) in [5.74, 6) is 0.655. The first-order valence-corrected chi connectivity index (χ1v) is 7.89. The smallest absolute Gasteiger partial charge is 0.211 e. The fourth-order valence-electron chi connectivity index (χ4n) is 1.34. The van der Waals surface area contributed by atoms with Gasteiger partial charge in [0.2, 0.25) is 10.0 Å². The first-order valence-electron chi connectivity index (χ1n) is 6.24. The molecule has 0 aromatic rings. The highest BCUT2D eigenvalue weighted by Gasteiger charge is 2.20. The zero-order valence-electron chi connectivity index (χ0n) is 10.3. The van der Waals surface area contributed by atoms with Crippen LogP contribution in [0.2, 0.25) is 0 Å². The van der Waals surface area contributed by atoms with Gasteiger partial charge in [-0.15, -0.1) is 0 Å². The number of hydrogen-bond donors (Lipinski definition) is 2. The molecular weight excluding hydrogens is 224 g/mol. The van der Waals surface area contributed by atoms with Gasteiger partial charge in [-0.05, 0) is 31.7 Å². The second kappa shape index (κ2) is 6.57. The number of rotatable bonds is 9. The minimum atomic E-state index is -3.05. The van der Waals surface area contributed by atoms with Crippen LogP contribution in [0, 0.1) is 5.92 Å². The van der Waals surface area contributed by atoms with Crippen molar-refractivity contribution in [2.45, 2.75) is 45.6 Å². The van der Waals surface area contributed by atoms with E-state index in [1.54, 1.807) is 0 Å². The molecule has 1 fully saturated rings. The Hall–Kier alpha value is -0.130. The van der Waals surface area contributed by atoms with Crippen molar-refractivity contribution in [3.05, 3.63) is 0 Å². The predicted molar refractivity (Wildman–Crippen MR) is 66.9 cm³/mol. The molecule has 0 heterocycles. The van der Waals surface area contributed by atoms with Crippen LogP contribution in [0.1, 0.15) is 39.5 Å². The maximum atomic E-state index is 11.6. The lowest BCUT2D eigenvalue weighted by molar-refractivity contribution is 0.526. The van der Waals surface area contributed by atoms with E-state index in [4.69, 9.17) is 0 Å². The average Bonchev–Trinajstić information content (AvgIpc) is 3.05. The summed E-state index contributed by atoms with van der Waals surface area (Å²) in [4.78, 5) is 0. The average molecular weight is 248 g/mol. The Bertz CT molecular complexity index is 286. The second-order valence-electron chi connectivity index (χ2n) is 4.76. The molecule has 2 N–H and O–H groups in total. The van der Waals surface area contributed by atoms with E-state index in [-0.39, 0.29) is 5.75 Å². The molecule has 1 saturated carbocycles. The summed E-state index contributed by atoms with van der Waals surface area (Å²) >= 11 is 0. The number of sulfonamides is 1. The summed E-state index contributed by atoms with van der Waals surface area (Å²) in [6, 6.07) is 0.663. The lowest BCUT2D eigenvalue weighted by atomic mass is 10.1. The minimum absolute atomic E-state index is 0.239. The van der Waals surface area contributed by atoms with Crippen molar-refractivity contribution in [1.29, 1.82) is 0 Å². The van der Waals surface area contributed by atoms with E-state index < -0.39 is 10.0 Å². The monoisotopic (exact) mass is 248 g/mol. The van der Waals surface area contributed by atoms with Crippen LogP contribution in [0.25, 0.3) is 0 Å². The molecular formula is C11H24N2O2S. The Morgan fingerprint density at radius 3 is 2.62 bits per heavy atom. The van der Waals surface area contributed by atoms with Gasteiger partial charge in [0.15, 0.2) is 0 Å². The largest absolute Gasteiger partial charge is 0.314 e. The quantitative estimate of drug-likeness (QED) is 0.601. The lowest BCUT2D eigenvalue weighted by Crippen LogP contribution is -2.31. The van der Waals surface area contributed by atoms with Crippen molar-refractivity contribution in [2.24, 2.45) is 5.92 Å². The van der Waals surface area contributed by atoms with E-state index in [1.165, 1.54) is 12.8 Å². The van der Waals surface area contributed by atoms with Gasteiger partial charge < -0.3 is 5.32 Å². The molecule has 4 nitrogen and oxygen atoms in total. The predicted octanol–water partition coefficient (Wildman–Crippen LogP) is 1.09. The Morgan fingerprint density at radius 2 is 2.06 bits per heavy atom. The molecule has 0 aromatic carbocycles. The van der Waals surface area contributed by atoms with Crippen LogP contribution in [0.4, 0.5) is 0 Å². The van der Waals surface area contributed by atoms with Crippen molar-refractivity contribution in [2.75, 3.05) is 18.8 Å². The molecule has 0 aliphatic heterocycles. The molecule has 1 aliphatic rings. The molecule has 0 spiro atoms. The van der Waals surface area contributed by atoms with Crippen LogP contribution in [0.3, 0.4) is 0 Å². The Kier molecular flexibility index (Phi) is 5.72. The molecule has 0 aromatic heterocycles. The van der Waals surface area contributed by atoms with E-state index in [0.29, 0.717) is 24.9 Å². The van der Waals surface area contributed by atoms with E-state index >= 15 is 0 Å². The highest BCUT2D eigenvalue weighted by molar-refractivity contribution is 7.89. The van der Waals surface area contributed by atoms with Crippen molar-refractivity contribution < 1.29 is 8.42 Å². The summed E-state index contributed by atoms with van der Waals surface area (Å²) in [7, 11) is -3.05. The third-order valence-corrected chi connectivity index (χ3v) is 4.38. The zero-order valence-corrected chi connectivity index (χ0v) is 11.1. The fraction of sp³-hybridized carbons (Fsp3) is 1.00. The Labute approximate surface area is 99.2 Å². The molecule has 16 heavy (non-hydrogen) atoms. The molecule has 1 rings (SSSR count). The third-order valence-electron chi connectivity index (χ3n) is 2.95. The van der Waals surface area contributed by atoms with Crippen molar-refractivity contribution in [3.63, 3.8) is 0 Å². The van der Waals surface area contributed by atoms with Crippen molar-refractivity contribution in [3.8, 4) is 0 Å². The number of hydrogen-bond acceptors (Lipinski definition) is 3. The van der Waals surface area contributed by atoms with Gasteiger partial charge in [0.05, 0.1) is 5.75 Å². The molecule has 1 atom stereocenters. The first kappa shape index (κ1) is 13.9. The molecule has 5 heteroatoms. The van der Waals surface area contributed by atoms with Crippen molar-refractivity contribution in [1.82, 2.24) is 10.0 Å². The summed E-state index contributed by atoms with van der Waals surface area (Å²) in [6.45, 7) is 5.50. The van der Waals surface area contributed by atoms with Crippen LogP contribution < -0.4 is 10.0 Å². The van der Waals surface area contributed by atoms with Gasteiger partial charge in [-0.1, -0.05) is 20.3 Å². The summed E-state index contributed by atoms with van der Waals surface area (Å²) in [6.07, 6.45) is 4.20. The molecule has 0 bridgehead atoms. The maximum absolute atomic E-state index is 11.6. The molecule has 96 valence electrons. The van der Waals surface area contributed by atoms with Gasteiger partial charge >= 0.3 is 0 Å². The van der Waals surface area contributed by atoms with Gasteiger partial charge in [-0.3, -0.25) is 0 Å². The molecule has 0 amide bonds. The third kappa shape index (κ3) is 6.45. The highest BCUT2D eigenvalue weighted by atomic mass is 32.2. The summed E-state index contributed by atoms with van der Waals surface area (Å²) in [5, 5.41) is 3.31. The second-order valence-corrected chi connectivity index (χ2v) is 6.69. The minimum Gasteiger partial charge on any atom is -0.314 e. The summed E-state index contributed by atoms with van der Waals surface area (Å²) in [5.41, 5.74) is 0. The van der Waals surface area contributed by atoms with Crippen molar-refractivity contribution >= 4 is 10.0 Å². The summed E-state index contributed by atoms with van der Waals surface area (Å²) < 4.78 is 25.8. The highest BCUT2D eigenvalue weighted by Crippen LogP contribution is 2.18. The SMILES string of the molecule is CCC(C)CNS(=O)(=O)CCCNC1CC1. The molecule has 1 aliphatic carbocycles. The van der Waals surface area contributed by atoms with Crippen LogP contribution in [-0.2, 0) is 10.0 Å². The van der Waals surface area contributed by atoms with Crippen LogP contribution in [0.5, 0.6) is 0 Å². The molecule has 0 radical (unpaired) electrons. The lowest BCUT2D eigenvalue weighted by Gasteiger charge is -2.10. The van der Waals surface area contributed by atoms with Gasteiger partial charge in [-0.25, -0.2) is 13.1 Å². The van der Waals surface area contributed by atoms with E-state index in [1.807, 2.05) is 0 Å². The van der Waals surface area contributed by atoms with E-state index in [9.17, 15) is 8.42 Å². The van der Waals surface area contributed by atoms with E-state index in [0.717, 1.165) is 13.0 Å². The first-order chi connectivity index (χ1) is 7.53. The standard InChI is InChI=1S/C11H24N2O2S/c1-3-10(2)9-13-16(14,15)8-4-7-12-11-5-6-11/h10-13H,3-9H2,1-2H3. The fourth-order valence-corrected chi connectivity index (χ4v) is 2.55. The molecule has 0 saturated heterocycles. The Morgan fingerprint density at radius 1 is 1.38 bits per heavy atom. The topological polar surface area (TPSA) is 58.2 Å². The van der Waals surface area contributed by atoms with E-state index in [2.05, 4.69) is 23.9 Å². The van der Waals surface area contributed by atoms with Gasteiger partial charge in [0.1, 0.15) is 0 Å². The normalized spacial score (nSPS) is 18.6. The molecule has 1 unspecified atom stereocenters. The zero-order chi connectivity index (χ0) is 12.0.